The number of rotatable bonds is 0. The van der Waals surface area contributed by atoms with Crippen LogP contribution in [0.15, 0.2) is 34.9 Å². The highest BCUT2D eigenvalue weighted by Gasteiger charge is 2.20. The minimum Gasteiger partial charge on any atom is -0.259 e. The van der Waals surface area contributed by atoms with E-state index in [-0.39, 0.29) is 0 Å². The van der Waals surface area contributed by atoms with Crippen LogP contribution in [0.25, 0.3) is 11.3 Å². The first-order chi connectivity index (χ1) is 6.36. The quantitative estimate of drug-likeness (QED) is 0.585. The predicted octanol–water partition coefficient (Wildman–Crippen LogP) is 2.67. The van der Waals surface area contributed by atoms with Crippen molar-refractivity contribution in [3.8, 4) is 11.3 Å². The Morgan fingerprint density at radius 3 is 3.08 bits per heavy atom. The number of aromatic nitrogens is 2. The molecule has 0 saturated heterocycles. The van der Waals surface area contributed by atoms with E-state index in [2.05, 4.69) is 45.3 Å². The molecule has 1 aliphatic heterocycles. The molecule has 1 aromatic carbocycles. The summed E-state index contributed by atoms with van der Waals surface area (Å²) in [6.45, 7) is 0.900. The van der Waals surface area contributed by atoms with Gasteiger partial charge in [0.15, 0.2) is 0 Å². The van der Waals surface area contributed by atoms with Crippen molar-refractivity contribution in [2.75, 3.05) is 0 Å². The van der Waals surface area contributed by atoms with Gasteiger partial charge in [0.25, 0.3) is 0 Å². The van der Waals surface area contributed by atoms with Crippen LogP contribution in [0.4, 0.5) is 0 Å². The van der Waals surface area contributed by atoms with Gasteiger partial charge in [0.05, 0.1) is 22.9 Å². The van der Waals surface area contributed by atoms with Crippen LogP contribution in [-0.2, 0) is 6.54 Å². The smallest absolute Gasteiger partial charge is 0.0832 e. The SMILES string of the molecule is Brc1cnn2c1-c1ccccc1C2. The zero-order valence-corrected chi connectivity index (χ0v) is 8.45. The van der Waals surface area contributed by atoms with Gasteiger partial charge in [-0.2, -0.15) is 5.10 Å². The molecule has 0 bridgehead atoms. The van der Waals surface area contributed by atoms with E-state index in [0.717, 1.165) is 11.0 Å². The van der Waals surface area contributed by atoms with Crippen molar-refractivity contribution >= 4 is 15.9 Å². The third-order valence-electron chi connectivity index (χ3n) is 2.39. The van der Waals surface area contributed by atoms with Gasteiger partial charge in [-0.1, -0.05) is 24.3 Å². The first kappa shape index (κ1) is 7.33. The molecule has 1 aliphatic rings. The second-order valence-electron chi connectivity index (χ2n) is 3.16. The maximum absolute atomic E-state index is 4.28. The van der Waals surface area contributed by atoms with Crippen molar-refractivity contribution in [2.45, 2.75) is 6.54 Å². The van der Waals surface area contributed by atoms with Gasteiger partial charge in [0.2, 0.25) is 0 Å². The number of hydrogen-bond acceptors (Lipinski definition) is 1. The number of fused-ring (bicyclic) bond motifs is 3. The molecule has 0 fully saturated rings. The lowest BCUT2D eigenvalue weighted by atomic mass is 10.1. The maximum Gasteiger partial charge on any atom is 0.0832 e. The fraction of sp³-hybridized carbons (Fsp3) is 0.100. The summed E-state index contributed by atoms with van der Waals surface area (Å²) in [5.74, 6) is 0. The van der Waals surface area contributed by atoms with Crippen molar-refractivity contribution in [3.05, 3.63) is 40.5 Å². The molecule has 0 amide bonds. The van der Waals surface area contributed by atoms with Crippen molar-refractivity contribution in [2.24, 2.45) is 0 Å². The van der Waals surface area contributed by atoms with E-state index in [1.807, 2.05) is 10.9 Å². The molecule has 1 aromatic heterocycles. The normalized spacial score (nSPS) is 12.7. The van der Waals surface area contributed by atoms with Crippen LogP contribution in [0, 0.1) is 0 Å². The summed E-state index contributed by atoms with van der Waals surface area (Å²) in [6, 6.07) is 8.42. The van der Waals surface area contributed by atoms with Crippen molar-refractivity contribution in [3.63, 3.8) is 0 Å². The Morgan fingerprint density at radius 1 is 1.31 bits per heavy atom. The van der Waals surface area contributed by atoms with Gasteiger partial charge in [-0.05, 0) is 21.5 Å². The van der Waals surface area contributed by atoms with Crippen LogP contribution >= 0.6 is 15.9 Å². The van der Waals surface area contributed by atoms with Crippen molar-refractivity contribution in [1.29, 1.82) is 0 Å². The third kappa shape index (κ3) is 0.907. The number of benzene rings is 1. The lowest BCUT2D eigenvalue weighted by Gasteiger charge is -1.95. The lowest BCUT2D eigenvalue weighted by molar-refractivity contribution is 0.720. The average Bonchev–Trinajstić information content (AvgIpc) is 2.66. The van der Waals surface area contributed by atoms with Gasteiger partial charge in [-0.15, -0.1) is 0 Å². The summed E-state index contributed by atoms with van der Waals surface area (Å²) < 4.78 is 3.10. The van der Waals surface area contributed by atoms with Crippen LogP contribution in [0.3, 0.4) is 0 Å². The maximum atomic E-state index is 4.28. The molecule has 2 aromatic rings. The molecular formula is C10H7BrN2. The van der Waals surface area contributed by atoms with Gasteiger partial charge in [0.1, 0.15) is 0 Å². The van der Waals surface area contributed by atoms with Gasteiger partial charge in [-0.25, -0.2) is 0 Å². The molecule has 0 radical (unpaired) electrons. The highest BCUT2D eigenvalue weighted by Crippen LogP contribution is 2.35. The van der Waals surface area contributed by atoms with Gasteiger partial charge in [0, 0.05) is 5.56 Å². The summed E-state index contributed by atoms with van der Waals surface area (Å²) in [5, 5.41) is 4.28. The highest BCUT2D eigenvalue weighted by molar-refractivity contribution is 9.10. The largest absolute Gasteiger partial charge is 0.259 e. The van der Waals surface area contributed by atoms with Crippen molar-refractivity contribution in [1.82, 2.24) is 9.78 Å². The average molecular weight is 235 g/mol. The fourth-order valence-electron chi connectivity index (χ4n) is 1.80. The van der Waals surface area contributed by atoms with Gasteiger partial charge >= 0.3 is 0 Å². The van der Waals surface area contributed by atoms with Crippen LogP contribution in [0.5, 0.6) is 0 Å². The van der Waals surface area contributed by atoms with E-state index >= 15 is 0 Å². The van der Waals surface area contributed by atoms with Crippen LogP contribution < -0.4 is 0 Å². The molecule has 0 unspecified atom stereocenters. The minimum atomic E-state index is 0.900. The molecule has 64 valence electrons. The summed E-state index contributed by atoms with van der Waals surface area (Å²) in [7, 11) is 0. The van der Waals surface area contributed by atoms with E-state index in [0.29, 0.717) is 0 Å². The van der Waals surface area contributed by atoms with E-state index in [4.69, 9.17) is 0 Å². The second kappa shape index (κ2) is 2.45. The molecular weight excluding hydrogens is 228 g/mol. The summed E-state index contributed by atoms with van der Waals surface area (Å²) >= 11 is 3.50. The van der Waals surface area contributed by atoms with E-state index < -0.39 is 0 Å². The van der Waals surface area contributed by atoms with E-state index in [1.165, 1.54) is 16.8 Å². The monoisotopic (exact) mass is 234 g/mol. The highest BCUT2D eigenvalue weighted by atomic mass is 79.9. The first-order valence-corrected chi connectivity index (χ1v) is 4.95. The van der Waals surface area contributed by atoms with Crippen LogP contribution in [0.1, 0.15) is 5.56 Å². The molecule has 0 N–H and O–H groups in total. The van der Waals surface area contributed by atoms with E-state index in [9.17, 15) is 0 Å². The standard InChI is InChI=1S/C10H7BrN2/c11-9-5-12-13-6-7-3-1-2-4-8(7)10(9)13/h1-5H,6H2. The number of hydrogen-bond donors (Lipinski definition) is 0. The molecule has 0 aliphatic carbocycles. The lowest BCUT2D eigenvalue weighted by Crippen LogP contribution is -1.93. The first-order valence-electron chi connectivity index (χ1n) is 4.16. The Morgan fingerprint density at radius 2 is 2.15 bits per heavy atom. The molecule has 0 saturated carbocycles. The summed E-state index contributed by atoms with van der Waals surface area (Å²) in [5.41, 5.74) is 3.86. The molecule has 13 heavy (non-hydrogen) atoms. The fourth-order valence-corrected chi connectivity index (χ4v) is 2.31. The number of halogens is 1. The Balaban J connectivity index is 2.35. The second-order valence-corrected chi connectivity index (χ2v) is 4.01. The Kier molecular flexibility index (Phi) is 1.38. The Labute approximate surface area is 84.3 Å². The molecule has 2 nitrogen and oxygen atoms in total. The summed E-state index contributed by atoms with van der Waals surface area (Å²) in [4.78, 5) is 0. The zero-order valence-electron chi connectivity index (χ0n) is 6.87. The van der Waals surface area contributed by atoms with E-state index in [1.54, 1.807) is 0 Å². The third-order valence-corrected chi connectivity index (χ3v) is 2.97. The summed E-state index contributed by atoms with van der Waals surface area (Å²) in [6.07, 6.45) is 1.85. The molecule has 3 heteroatoms. The Bertz CT molecular complexity index is 474. The molecule has 0 atom stereocenters. The number of nitrogens with zero attached hydrogens (tertiary/aromatic N) is 2. The minimum absolute atomic E-state index is 0.900. The molecule has 0 spiro atoms. The molecule has 3 rings (SSSR count). The van der Waals surface area contributed by atoms with Crippen LogP contribution in [0.2, 0.25) is 0 Å². The topological polar surface area (TPSA) is 17.8 Å². The predicted molar refractivity (Wildman–Crippen MR) is 54.5 cm³/mol. The van der Waals surface area contributed by atoms with Crippen molar-refractivity contribution < 1.29 is 0 Å². The Hall–Kier alpha value is -1.09. The zero-order chi connectivity index (χ0) is 8.84. The van der Waals surface area contributed by atoms with Crippen LogP contribution in [-0.4, -0.2) is 9.78 Å². The molecule has 2 heterocycles. The van der Waals surface area contributed by atoms with Gasteiger partial charge in [-0.3, -0.25) is 4.68 Å². The van der Waals surface area contributed by atoms with Gasteiger partial charge < -0.3 is 0 Å².